The summed E-state index contributed by atoms with van der Waals surface area (Å²) in [4.78, 5) is 24.5. The van der Waals surface area contributed by atoms with Gasteiger partial charge in [0.1, 0.15) is 17.2 Å². The molecule has 1 fully saturated rings. The van der Waals surface area contributed by atoms with Crippen LogP contribution in [0.15, 0.2) is 16.6 Å². The van der Waals surface area contributed by atoms with Crippen LogP contribution < -0.4 is 0 Å². The van der Waals surface area contributed by atoms with Crippen molar-refractivity contribution in [3.8, 4) is 0 Å². The molecule has 1 unspecified atom stereocenters. The van der Waals surface area contributed by atoms with E-state index in [1.165, 1.54) is 4.90 Å². The molecule has 21 heavy (non-hydrogen) atoms. The minimum Gasteiger partial charge on any atom is -0.481 e. The van der Waals surface area contributed by atoms with Crippen molar-refractivity contribution < 1.29 is 23.5 Å². The highest BCUT2D eigenvalue weighted by molar-refractivity contribution is 9.10. The number of piperidine rings is 1. The third kappa shape index (κ3) is 3.58. The first-order valence-corrected chi connectivity index (χ1v) is 7.36. The molecule has 1 heterocycles. The molecular weight excluding hydrogens is 348 g/mol. The summed E-state index contributed by atoms with van der Waals surface area (Å²) in [6.07, 6.45) is 1.80. The average Bonchev–Trinajstić information content (AvgIpc) is 2.37. The zero-order chi connectivity index (χ0) is 15.6. The van der Waals surface area contributed by atoms with E-state index in [-0.39, 0.29) is 10.9 Å². The van der Waals surface area contributed by atoms with Gasteiger partial charge in [0.2, 0.25) is 0 Å². The fraction of sp³-hybridized carbons (Fsp3) is 0.429. The predicted octanol–water partition coefficient (Wildman–Crippen LogP) is 3.20. The van der Waals surface area contributed by atoms with Crippen LogP contribution in [0.25, 0.3) is 0 Å². The lowest BCUT2D eigenvalue weighted by Gasteiger charge is -2.35. The minimum absolute atomic E-state index is 0.204. The van der Waals surface area contributed by atoms with Crippen molar-refractivity contribution in [3.05, 3.63) is 33.8 Å². The van der Waals surface area contributed by atoms with Gasteiger partial charge in [0.25, 0.3) is 5.91 Å². The Bertz CT molecular complexity index is 556. The molecule has 1 atom stereocenters. The van der Waals surface area contributed by atoms with Gasteiger partial charge in [-0.1, -0.05) is 15.9 Å². The smallest absolute Gasteiger partial charge is 0.305 e. The predicted molar refractivity (Wildman–Crippen MR) is 75.0 cm³/mol. The van der Waals surface area contributed by atoms with Crippen LogP contribution in [0.5, 0.6) is 0 Å². The van der Waals surface area contributed by atoms with Crippen molar-refractivity contribution in [2.45, 2.75) is 31.7 Å². The largest absolute Gasteiger partial charge is 0.481 e. The van der Waals surface area contributed by atoms with Crippen molar-refractivity contribution >= 4 is 27.8 Å². The van der Waals surface area contributed by atoms with E-state index in [1.807, 2.05) is 0 Å². The first-order chi connectivity index (χ1) is 9.90. The average molecular weight is 362 g/mol. The van der Waals surface area contributed by atoms with E-state index in [4.69, 9.17) is 5.11 Å². The number of hydrogen-bond donors (Lipinski definition) is 1. The van der Waals surface area contributed by atoms with Gasteiger partial charge in [0, 0.05) is 17.1 Å². The lowest BCUT2D eigenvalue weighted by atomic mass is 9.98. The number of carbonyl (C=O) groups excluding carboxylic acids is 1. The summed E-state index contributed by atoms with van der Waals surface area (Å²) in [5.74, 6) is -3.72. The molecule has 1 aromatic rings. The summed E-state index contributed by atoms with van der Waals surface area (Å²) in [5, 5.41) is 8.89. The Hall–Kier alpha value is -1.50. The van der Waals surface area contributed by atoms with Crippen LogP contribution in [0.4, 0.5) is 8.78 Å². The molecule has 2 rings (SSSR count). The molecule has 0 aromatic heterocycles. The van der Waals surface area contributed by atoms with Crippen LogP contribution in [0.3, 0.4) is 0 Å². The van der Waals surface area contributed by atoms with Crippen LogP contribution in [-0.2, 0) is 4.79 Å². The number of nitrogens with zero attached hydrogens (tertiary/aromatic N) is 1. The van der Waals surface area contributed by atoms with E-state index < -0.39 is 35.1 Å². The Morgan fingerprint density at radius 3 is 2.48 bits per heavy atom. The lowest BCUT2D eigenvalue weighted by molar-refractivity contribution is -0.138. The van der Waals surface area contributed by atoms with E-state index in [1.54, 1.807) is 0 Å². The number of hydrogen-bond acceptors (Lipinski definition) is 2. The summed E-state index contributed by atoms with van der Waals surface area (Å²) in [5.41, 5.74) is -0.629. The lowest BCUT2D eigenvalue weighted by Crippen LogP contribution is -2.45. The van der Waals surface area contributed by atoms with E-state index in [9.17, 15) is 18.4 Å². The molecule has 4 nitrogen and oxygen atoms in total. The third-order valence-electron chi connectivity index (χ3n) is 3.52. The Morgan fingerprint density at radius 1 is 1.29 bits per heavy atom. The molecule has 1 amide bonds. The highest BCUT2D eigenvalue weighted by atomic mass is 79.9. The topological polar surface area (TPSA) is 57.6 Å². The molecule has 1 N–H and O–H groups in total. The second-order valence-corrected chi connectivity index (χ2v) is 5.91. The summed E-state index contributed by atoms with van der Waals surface area (Å²) < 4.78 is 27.9. The van der Waals surface area contributed by atoms with Gasteiger partial charge in [-0.3, -0.25) is 9.59 Å². The van der Waals surface area contributed by atoms with E-state index in [2.05, 4.69) is 15.9 Å². The number of carboxylic acid groups (broad SMARTS) is 1. The molecule has 1 aliphatic heterocycles. The quantitative estimate of drug-likeness (QED) is 0.899. The molecule has 114 valence electrons. The van der Waals surface area contributed by atoms with Gasteiger partial charge >= 0.3 is 5.97 Å². The van der Waals surface area contributed by atoms with Gasteiger partial charge in [-0.2, -0.15) is 0 Å². The summed E-state index contributed by atoms with van der Waals surface area (Å²) in [7, 11) is 0. The number of carbonyl (C=O) groups is 2. The van der Waals surface area contributed by atoms with Crippen LogP contribution in [0.1, 0.15) is 36.0 Å². The van der Waals surface area contributed by atoms with Crippen molar-refractivity contribution in [1.82, 2.24) is 4.90 Å². The second-order valence-electron chi connectivity index (χ2n) is 4.99. The van der Waals surface area contributed by atoms with Crippen LogP contribution in [-0.4, -0.2) is 34.5 Å². The maximum absolute atomic E-state index is 13.9. The normalized spacial score (nSPS) is 18.6. The number of likely N-dealkylation sites (tertiary alicyclic amines) is 1. The molecular formula is C14H14BrF2NO3. The number of aliphatic carboxylic acids is 1. The number of rotatable bonds is 3. The van der Waals surface area contributed by atoms with Gasteiger partial charge < -0.3 is 10.0 Å². The molecule has 1 aliphatic rings. The van der Waals surface area contributed by atoms with Gasteiger partial charge in [0.15, 0.2) is 0 Å². The number of amides is 1. The van der Waals surface area contributed by atoms with Gasteiger partial charge in [0.05, 0.1) is 6.42 Å². The first kappa shape index (κ1) is 15.9. The van der Waals surface area contributed by atoms with Crippen molar-refractivity contribution in [3.63, 3.8) is 0 Å². The fourth-order valence-corrected chi connectivity index (χ4v) is 2.97. The maximum Gasteiger partial charge on any atom is 0.305 e. The van der Waals surface area contributed by atoms with Gasteiger partial charge in [-0.25, -0.2) is 8.78 Å². The molecule has 7 heteroatoms. The maximum atomic E-state index is 13.9. The van der Waals surface area contributed by atoms with E-state index in [0.717, 1.165) is 18.6 Å². The zero-order valence-corrected chi connectivity index (χ0v) is 12.7. The number of benzene rings is 1. The zero-order valence-electron chi connectivity index (χ0n) is 11.1. The van der Waals surface area contributed by atoms with E-state index >= 15 is 0 Å². The molecule has 0 bridgehead atoms. The molecule has 0 spiro atoms. The summed E-state index contributed by atoms with van der Waals surface area (Å²) in [6.45, 7) is 0.311. The minimum atomic E-state index is -1.03. The molecule has 0 radical (unpaired) electrons. The Labute approximate surface area is 128 Å². The van der Waals surface area contributed by atoms with Gasteiger partial charge in [-0.05, 0) is 31.4 Å². The highest BCUT2D eigenvalue weighted by Crippen LogP contribution is 2.26. The Morgan fingerprint density at radius 2 is 1.90 bits per heavy atom. The summed E-state index contributed by atoms with van der Waals surface area (Å²) in [6, 6.07) is 1.52. The number of halogens is 3. The fourth-order valence-electron chi connectivity index (χ4n) is 2.57. The molecule has 0 saturated carbocycles. The first-order valence-electron chi connectivity index (χ1n) is 6.57. The third-order valence-corrected chi connectivity index (χ3v) is 3.98. The second kappa shape index (κ2) is 6.51. The van der Waals surface area contributed by atoms with Crippen molar-refractivity contribution in [2.24, 2.45) is 0 Å². The molecule has 1 aromatic carbocycles. The van der Waals surface area contributed by atoms with Crippen LogP contribution in [0.2, 0.25) is 0 Å². The van der Waals surface area contributed by atoms with Gasteiger partial charge in [-0.15, -0.1) is 0 Å². The standard InChI is InChI=1S/C14H14BrF2NO3/c15-8-5-10(16)13(11(17)6-8)14(21)18-4-2-1-3-9(18)7-12(19)20/h5-6,9H,1-4,7H2,(H,19,20). The summed E-state index contributed by atoms with van der Waals surface area (Å²) >= 11 is 2.95. The number of carboxylic acids is 1. The SMILES string of the molecule is O=C(O)CC1CCCCN1C(=O)c1c(F)cc(Br)cc1F. The molecule has 0 aliphatic carbocycles. The monoisotopic (exact) mass is 361 g/mol. The van der Waals surface area contributed by atoms with Crippen LogP contribution >= 0.6 is 15.9 Å². The van der Waals surface area contributed by atoms with Crippen molar-refractivity contribution in [2.75, 3.05) is 6.54 Å². The Balaban J connectivity index is 2.31. The molecule has 1 saturated heterocycles. The van der Waals surface area contributed by atoms with Crippen LogP contribution in [0, 0.1) is 11.6 Å². The highest BCUT2D eigenvalue weighted by Gasteiger charge is 2.32. The van der Waals surface area contributed by atoms with E-state index in [0.29, 0.717) is 19.4 Å². The van der Waals surface area contributed by atoms with Crippen molar-refractivity contribution in [1.29, 1.82) is 0 Å². The Kier molecular flexibility index (Phi) is 4.92.